The van der Waals surface area contributed by atoms with Gasteiger partial charge in [0.15, 0.2) is 0 Å². The minimum Gasteiger partial charge on any atom is -0.490 e. The largest absolute Gasteiger partial charge is 0.490 e. The molecule has 0 saturated carbocycles. The third-order valence-corrected chi connectivity index (χ3v) is 4.89. The van der Waals surface area contributed by atoms with Gasteiger partial charge in [0.1, 0.15) is 12.4 Å². The van der Waals surface area contributed by atoms with Crippen molar-refractivity contribution in [2.24, 2.45) is 0 Å². The van der Waals surface area contributed by atoms with Crippen LogP contribution in [0.2, 0.25) is 0 Å². The van der Waals surface area contributed by atoms with Gasteiger partial charge in [0, 0.05) is 24.3 Å². The summed E-state index contributed by atoms with van der Waals surface area (Å²) in [6, 6.07) is 12.3. The first-order valence-electron chi connectivity index (χ1n) is 8.80. The van der Waals surface area contributed by atoms with E-state index in [0.29, 0.717) is 24.5 Å². The Hall–Kier alpha value is -3.02. The molecule has 0 aliphatic carbocycles. The van der Waals surface area contributed by atoms with Crippen molar-refractivity contribution in [1.82, 2.24) is 4.90 Å². The molecule has 1 saturated heterocycles. The highest BCUT2D eigenvalue weighted by atomic mass is 16.5. The molecule has 0 unspecified atom stereocenters. The number of carboxylic acid groups (broad SMARTS) is 1. The Kier molecular flexibility index (Phi) is 4.24. The summed E-state index contributed by atoms with van der Waals surface area (Å²) >= 11 is 0. The SMILES string of the molecule is O=C(O)c1ccc(N2CCOc3cc(C(=O)N4CCCC4)ccc32)cc1. The van der Waals surface area contributed by atoms with Gasteiger partial charge in [0.2, 0.25) is 0 Å². The predicted molar refractivity (Wildman–Crippen MR) is 97.5 cm³/mol. The summed E-state index contributed by atoms with van der Waals surface area (Å²) in [6.07, 6.45) is 2.13. The standard InChI is InChI=1S/C20H20N2O4/c23-19(21-9-1-2-10-21)15-5-8-17-18(13-15)26-12-11-22(17)16-6-3-14(4-7-16)20(24)25/h3-8,13H,1-2,9-12H2,(H,24,25). The van der Waals surface area contributed by atoms with Gasteiger partial charge in [-0.2, -0.15) is 0 Å². The topological polar surface area (TPSA) is 70.1 Å². The van der Waals surface area contributed by atoms with E-state index in [2.05, 4.69) is 4.90 Å². The van der Waals surface area contributed by atoms with Crippen molar-refractivity contribution < 1.29 is 19.4 Å². The molecule has 26 heavy (non-hydrogen) atoms. The van der Waals surface area contributed by atoms with E-state index in [4.69, 9.17) is 9.84 Å². The van der Waals surface area contributed by atoms with E-state index < -0.39 is 5.97 Å². The van der Waals surface area contributed by atoms with Crippen LogP contribution >= 0.6 is 0 Å². The van der Waals surface area contributed by atoms with Gasteiger partial charge in [-0.05, 0) is 55.3 Å². The number of hydrogen-bond acceptors (Lipinski definition) is 4. The fraction of sp³-hybridized carbons (Fsp3) is 0.300. The minimum absolute atomic E-state index is 0.0526. The van der Waals surface area contributed by atoms with Crippen molar-refractivity contribution in [3.63, 3.8) is 0 Å². The number of carboxylic acids is 1. The molecule has 0 bridgehead atoms. The minimum atomic E-state index is -0.941. The smallest absolute Gasteiger partial charge is 0.335 e. The fourth-order valence-corrected chi connectivity index (χ4v) is 3.51. The van der Waals surface area contributed by atoms with E-state index in [0.717, 1.165) is 37.3 Å². The van der Waals surface area contributed by atoms with Crippen LogP contribution in [0.3, 0.4) is 0 Å². The van der Waals surface area contributed by atoms with Crippen LogP contribution in [0.15, 0.2) is 42.5 Å². The summed E-state index contributed by atoms with van der Waals surface area (Å²) in [7, 11) is 0. The van der Waals surface area contributed by atoms with Gasteiger partial charge in [0.25, 0.3) is 5.91 Å². The molecule has 134 valence electrons. The predicted octanol–water partition coefficient (Wildman–Crippen LogP) is 3.15. The van der Waals surface area contributed by atoms with E-state index in [1.54, 1.807) is 24.3 Å². The Morgan fingerprint density at radius 3 is 2.31 bits per heavy atom. The quantitative estimate of drug-likeness (QED) is 0.919. The van der Waals surface area contributed by atoms with Crippen LogP contribution < -0.4 is 9.64 Å². The number of carbonyl (C=O) groups excluding carboxylic acids is 1. The number of ether oxygens (including phenoxy) is 1. The zero-order valence-electron chi connectivity index (χ0n) is 14.4. The van der Waals surface area contributed by atoms with E-state index in [1.807, 2.05) is 23.1 Å². The van der Waals surface area contributed by atoms with Gasteiger partial charge >= 0.3 is 5.97 Å². The van der Waals surface area contributed by atoms with Crippen molar-refractivity contribution in [2.45, 2.75) is 12.8 Å². The molecule has 6 heteroatoms. The molecule has 2 aromatic rings. The summed E-state index contributed by atoms with van der Waals surface area (Å²) in [5, 5.41) is 9.05. The van der Waals surface area contributed by atoms with E-state index >= 15 is 0 Å². The highest BCUT2D eigenvalue weighted by molar-refractivity contribution is 5.96. The Labute approximate surface area is 151 Å². The highest BCUT2D eigenvalue weighted by Gasteiger charge is 2.24. The second-order valence-electron chi connectivity index (χ2n) is 6.53. The van der Waals surface area contributed by atoms with Crippen LogP contribution in [0.1, 0.15) is 33.6 Å². The second-order valence-corrected chi connectivity index (χ2v) is 6.53. The van der Waals surface area contributed by atoms with E-state index in [1.165, 1.54) is 0 Å². The van der Waals surface area contributed by atoms with Gasteiger partial charge in [-0.15, -0.1) is 0 Å². The maximum Gasteiger partial charge on any atom is 0.335 e. The lowest BCUT2D eigenvalue weighted by Gasteiger charge is -2.31. The molecule has 0 radical (unpaired) electrons. The maximum atomic E-state index is 12.6. The molecule has 0 aromatic heterocycles. The lowest BCUT2D eigenvalue weighted by atomic mass is 10.1. The number of hydrogen-bond donors (Lipinski definition) is 1. The van der Waals surface area contributed by atoms with Crippen molar-refractivity contribution >= 4 is 23.3 Å². The molecule has 1 fully saturated rings. The fourth-order valence-electron chi connectivity index (χ4n) is 3.51. The summed E-state index contributed by atoms with van der Waals surface area (Å²) in [6.45, 7) is 2.81. The van der Waals surface area contributed by atoms with Gasteiger partial charge in [0.05, 0.1) is 17.8 Å². The Balaban J connectivity index is 1.62. The molecular formula is C20H20N2O4. The molecule has 6 nitrogen and oxygen atoms in total. The third kappa shape index (κ3) is 2.98. The van der Waals surface area contributed by atoms with Crippen LogP contribution in [0.4, 0.5) is 11.4 Å². The number of benzene rings is 2. The first-order chi connectivity index (χ1) is 12.6. The molecule has 0 atom stereocenters. The summed E-state index contributed by atoms with van der Waals surface area (Å²) in [5.74, 6) is -0.204. The molecule has 2 aromatic carbocycles. The normalized spacial score (nSPS) is 16.2. The summed E-state index contributed by atoms with van der Waals surface area (Å²) in [4.78, 5) is 27.6. The number of anilines is 2. The van der Waals surface area contributed by atoms with Crippen LogP contribution in [0.5, 0.6) is 5.75 Å². The molecule has 1 N–H and O–H groups in total. The average molecular weight is 352 g/mol. The van der Waals surface area contributed by atoms with Crippen LogP contribution in [-0.2, 0) is 0 Å². The first-order valence-corrected chi connectivity index (χ1v) is 8.80. The Morgan fingerprint density at radius 1 is 0.923 bits per heavy atom. The lowest BCUT2D eigenvalue weighted by Crippen LogP contribution is -2.30. The maximum absolute atomic E-state index is 12.6. The van der Waals surface area contributed by atoms with E-state index in [-0.39, 0.29) is 11.5 Å². The number of likely N-dealkylation sites (tertiary alicyclic amines) is 1. The summed E-state index contributed by atoms with van der Waals surface area (Å²) in [5.41, 5.74) is 2.69. The van der Waals surface area contributed by atoms with Gasteiger partial charge in [-0.3, -0.25) is 4.79 Å². The van der Waals surface area contributed by atoms with Gasteiger partial charge in [-0.25, -0.2) is 4.79 Å². The monoisotopic (exact) mass is 352 g/mol. The van der Waals surface area contributed by atoms with Crippen LogP contribution in [0.25, 0.3) is 0 Å². The number of rotatable bonds is 3. The molecular weight excluding hydrogens is 332 g/mol. The van der Waals surface area contributed by atoms with Crippen molar-refractivity contribution in [1.29, 1.82) is 0 Å². The van der Waals surface area contributed by atoms with Crippen LogP contribution in [-0.4, -0.2) is 48.1 Å². The lowest BCUT2D eigenvalue weighted by molar-refractivity contribution is 0.0696. The van der Waals surface area contributed by atoms with Gasteiger partial charge < -0.3 is 19.6 Å². The highest BCUT2D eigenvalue weighted by Crippen LogP contribution is 2.37. The van der Waals surface area contributed by atoms with E-state index in [9.17, 15) is 9.59 Å². The zero-order valence-corrected chi connectivity index (χ0v) is 14.4. The number of carbonyl (C=O) groups is 2. The third-order valence-electron chi connectivity index (χ3n) is 4.89. The number of fused-ring (bicyclic) bond motifs is 1. The van der Waals surface area contributed by atoms with Crippen LogP contribution in [0, 0.1) is 0 Å². The Morgan fingerprint density at radius 2 is 1.62 bits per heavy atom. The summed E-state index contributed by atoms with van der Waals surface area (Å²) < 4.78 is 5.78. The Bertz CT molecular complexity index is 841. The van der Waals surface area contributed by atoms with Crippen molar-refractivity contribution in [3.05, 3.63) is 53.6 Å². The van der Waals surface area contributed by atoms with Crippen molar-refractivity contribution in [2.75, 3.05) is 31.1 Å². The molecule has 0 spiro atoms. The zero-order chi connectivity index (χ0) is 18.1. The molecule has 2 aliphatic rings. The van der Waals surface area contributed by atoms with Crippen molar-refractivity contribution in [3.8, 4) is 5.75 Å². The number of nitrogens with zero attached hydrogens (tertiary/aromatic N) is 2. The molecule has 2 aliphatic heterocycles. The second kappa shape index (κ2) is 6.71. The first kappa shape index (κ1) is 16.4. The van der Waals surface area contributed by atoms with Gasteiger partial charge in [-0.1, -0.05) is 0 Å². The average Bonchev–Trinajstić information content (AvgIpc) is 3.21. The number of aromatic carboxylic acids is 1. The molecule has 4 rings (SSSR count). The molecule has 2 heterocycles. The molecule has 1 amide bonds. The number of amides is 1.